The van der Waals surface area contributed by atoms with Gasteiger partial charge in [-0.25, -0.2) is 0 Å². The Balaban J connectivity index is 2.85. The summed E-state index contributed by atoms with van der Waals surface area (Å²) in [4.78, 5) is 0. The second-order valence-corrected chi connectivity index (χ2v) is 6.19. The van der Waals surface area contributed by atoms with Gasteiger partial charge in [0.05, 0.1) is 6.10 Å². The summed E-state index contributed by atoms with van der Waals surface area (Å²) >= 11 is 6.97. The monoisotopic (exact) mass is 362 g/mol. The SMILES string of the molecule is CCCCC(CC)C(O)c1cc(Br)ccc1Br. The molecule has 2 atom stereocenters. The van der Waals surface area contributed by atoms with Gasteiger partial charge in [0.2, 0.25) is 0 Å². The molecule has 1 rings (SSSR count). The molecule has 0 radical (unpaired) electrons. The van der Waals surface area contributed by atoms with E-state index in [4.69, 9.17) is 0 Å². The van der Waals surface area contributed by atoms with Crippen LogP contribution in [0.25, 0.3) is 0 Å². The molecule has 17 heavy (non-hydrogen) atoms. The number of aliphatic hydroxyl groups is 1. The zero-order valence-electron chi connectivity index (χ0n) is 10.4. The van der Waals surface area contributed by atoms with Gasteiger partial charge in [-0.1, -0.05) is 65.0 Å². The second-order valence-electron chi connectivity index (χ2n) is 4.42. The van der Waals surface area contributed by atoms with Crippen molar-refractivity contribution in [2.45, 2.75) is 45.6 Å². The van der Waals surface area contributed by atoms with Gasteiger partial charge in [-0.2, -0.15) is 0 Å². The van der Waals surface area contributed by atoms with Crippen LogP contribution in [0.5, 0.6) is 0 Å². The van der Waals surface area contributed by atoms with Gasteiger partial charge in [0.1, 0.15) is 0 Å². The zero-order valence-corrected chi connectivity index (χ0v) is 13.6. The Kier molecular flexibility index (Phi) is 6.75. The Morgan fingerprint density at radius 1 is 1.24 bits per heavy atom. The molecule has 2 unspecified atom stereocenters. The second kappa shape index (κ2) is 7.55. The van der Waals surface area contributed by atoms with Crippen molar-refractivity contribution in [1.82, 2.24) is 0 Å². The largest absolute Gasteiger partial charge is 0.388 e. The molecule has 0 bridgehead atoms. The maximum Gasteiger partial charge on any atom is 0.0829 e. The Labute approximate surface area is 121 Å². The van der Waals surface area contributed by atoms with E-state index in [1.54, 1.807) is 0 Å². The van der Waals surface area contributed by atoms with Gasteiger partial charge >= 0.3 is 0 Å². The quantitative estimate of drug-likeness (QED) is 0.711. The van der Waals surface area contributed by atoms with Crippen molar-refractivity contribution in [1.29, 1.82) is 0 Å². The van der Waals surface area contributed by atoms with Crippen molar-refractivity contribution in [3.8, 4) is 0 Å². The minimum atomic E-state index is -0.376. The molecule has 0 aliphatic heterocycles. The van der Waals surface area contributed by atoms with Crippen LogP contribution in [-0.2, 0) is 0 Å². The van der Waals surface area contributed by atoms with Gasteiger partial charge in [0.25, 0.3) is 0 Å². The Morgan fingerprint density at radius 2 is 1.94 bits per heavy atom. The Hall–Kier alpha value is 0.140. The van der Waals surface area contributed by atoms with Crippen molar-refractivity contribution in [3.05, 3.63) is 32.7 Å². The third-order valence-electron chi connectivity index (χ3n) is 3.18. The maximum atomic E-state index is 10.5. The van der Waals surface area contributed by atoms with Crippen LogP contribution < -0.4 is 0 Å². The number of hydrogen-bond acceptors (Lipinski definition) is 1. The number of benzene rings is 1. The number of aliphatic hydroxyl groups excluding tert-OH is 1. The van der Waals surface area contributed by atoms with Crippen molar-refractivity contribution in [3.63, 3.8) is 0 Å². The van der Waals surface area contributed by atoms with E-state index in [9.17, 15) is 5.11 Å². The standard InChI is InChI=1S/C14H20Br2O/c1-3-5-6-10(4-2)14(17)12-9-11(15)7-8-13(12)16/h7-10,14,17H,3-6H2,1-2H3. The first-order valence-corrected chi connectivity index (χ1v) is 7.81. The van der Waals surface area contributed by atoms with Crippen LogP contribution in [0.4, 0.5) is 0 Å². The van der Waals surface area contributed by atoms with Gasteiger partial charge in [-0.05, 0) is 36.1 Å². The van der Waals surface area contributed by atoms with Crippen molar-refractivity contribution in [2.75, 3.05) is 0 Å². The van der Waals surface area contributed by atoms with Crippen LogP contribution in [0.3, 0.4) is 0 Å². The highest BCUT2D eigenvalue weighted by molar-refractivity contribution is 9.11. The number of unbranched alkanes of at least 4 members (excludes halogenated alkanes) is 1. The summed E-state index contributed by atoms with van der Waals surface area (Å²) in [5.41, 5.74) is 0.988. The lowest BCUT2D eigenvalue weighted by Gasteiger charge is -2.23. The molecular formula is C14H20Br2O. The summed E-state index contributed by atoms with van der Waals surface area (Å²) in [5.74, 6) is 0.348. The third-order valence-corrected chi connectivity index (χ3v) is 4.39. The first-order valence-electron chi connectivity index (χ1n) is 6.23. The molecule has 0 aromatic heterocycles. The van der Waals surface area contributed by atoms with Crippen LogP contribution >= 0.6 is 31.9 Å². The van der Waals surface area contributed by atoms with Gasteiger partial charge in [0, 0.05) is 8.95 Å². The fourth-order valence-corrected chi connectivity index (χ4v) is 2.91. The van der Waals surface area contributed by atoms with Crippen LogP contribution in [0.15, 0.2) is 27.1 Å². The highest BCUT2D eigenvalue weighted by atomic mass is 79.9. The van der Waals surface area contributed by atoms with Gasteiger partial charge in [-0.15, -0.1) is 0 Å². The molecule has 0 aliphatic rings. The third kappa shape index (κ3) is 4.38. The topological polar surface area (TPSA) is 20.2 Å². The summed E-state index contributed by atoms with van der Waals surface area (Å²) in [6.45, 7) is 4.34. The fourth-order valence-electron chi connectivity index (χ4n) is 2.05. The normalized spacial score (nSPS) is 14.6. The molecular weight excluding hydrogens is 344 g/mol. The predicted molar refractivity (Wildman–Crippen MR) is 80.1 cm³/mol. The van der Waals surface area contributed by atoms with Crippen LogP contribution in [0, 0.1) is 5.92 Å². The molecule has 1 nitrogen and oxygen atoms in total. The molecule has 1 aromatic rings. The molecule has 96 valence electrons. The van der Waals surface area contributed by atoms with E-state index >= 15 is 0 Å². The van der Waals surface area contributed by atoms with E-state index in [2.05, 4.69) is 45.7 Å². The van der Waals surface area contributed by atoms with E-state index in [0.29, 0.717) is 5.92 Å². The van der Waals surface area contributed by atoms with E-state index < -0.39 is 0 Å². The number of rotatable bonds is 6. The Bertz CT molecular complexity index is 352. The summed E-state index contributed by atoms with van der Waals surface area (Å²) in [5, 5.41) is 10.5. The molecule has 0 spiro atoms. The fraction of sp³-hybridized carbons (Fsp3) is 0.571. The minimum absolute atomic E-state index is 0.348. The van der Waals surface area contributed by atoms with Crippen LogP contribution in [0.2, 0.25) is 0 Å². The smallest absolute Gasteiger partial charge is 0.0829 e. The first-order chi connectivity index (χ1) is 8.10. The zero-order chi connectivity index (χ0) is 12.8. The molecule has 0 fully saturated rings. The maximum absolute atomic E-state index is 10.5. The van der Waals surface area contributed by atoms with E-state index in [1.807, 2.05) is 18.2 Å². The highest BCUT2D eigenvalue weighted by Gasteiger charge is 2.20. The molecule has 1 N–H and O–H groups in total. The summed E-state index contributed by atoms with van der Waals surface area (Å²) in [6, 6.07) is 5.96. The minimum Gasteiger partial charge on any atom is -0.388 e. The Morgan fingerprint density at radius 3 is 2.53 bits per heavy atom. The molecule has 0 amide bonds. The number of halogens is 2. The molecule has 0 heterocycles. The van der Waals surface area contributed by atoms with Crippen molar-refractivity contribution < 1.29 is 5.11 Å². The molecule has 3 heteroatoms. The average molecular weight is 364 g/mol. The lowest BCUT2D eigenvalue weighted by atomic mass is 9.89. The lowest BCUT2D eigenvalue weighted by Crippen LogP contribution is -2.12. The van der Waals surface area contributed by atoms with Gasteiger partial charge in [0.15, 0.2) is 0 Å². The molecule has 1 aromatic carbocycles. The van der Waals surface area contributed by atoms with E-state index in [-0.39, 0.29) is 6.10 Å². The van der Waals surface area contributed by atoms with Gasteiger partial charge in [-0.3, -0.25) is 0 Å². The van der Waals surface area contributed by atoms with E-state index in [0.717, 1.165) is 27.4 Å². The predicted octanol–water partition coefficient (Wildman–Crippen LogP) is 5.46. The molecule has 0 saturated carbocycles. The van der Waals surface area contributed by atoms with E-state index in [1.165, 1.54) is 12.8 Å². The molecule has 0 saturated heterocycles. The van der Waals surface area contributed by atoms with Crippen LogP contribution in [0.1, 0.15) is 51.2 Å². The summed E-state index contributed by atoms with van der Waals surface area (Å²) in [7, 11) is 0. The van der Waals surface area contributed by atoms with Crippen LogP contribution in [-0.4, -0.2) is 5.11 Å². The van der Waals surface area contributed by atoms with Gasteiger partial charge < -0.3 is 5.11 Å². The lowest BCUT2D eigenvalue weighted by molar-refractivity contribution is 0.0982. The number of hydrogen-bond donors (Lipinski definition) is 1. The van der Waals surface area contributed by atoms with Crippen molar-refractivity contribution >= 4 is 31.9 Å². The summed E-state index contributed by atoms with van der Waals surface area (Å²) in [6.07, 6.45) is 4.09. The molecule has 0 aliphatic carbocycles. The first kappa shape index (κ1) is 15.2. The highest BCUT2D eigenvalue weighted by Crippen LogP contribution is 2.34. The summed E-state index contributed by atoms with van der Waals surface area (Å²) < 4.78 is 2.00. The average Bonchev–Trinajstić information content (AvgIpc) is 2.33. The van der Waals surface area contributed by atoms with Crippen molar-refractivity contribution in [2.24, 2.45) is 5.92 Å².